The third-order valence-corrected chi connectivity index (χ3v) is 5.13. The Balaban J connectivity index is 1.27. The van der Waals surface area contributed by atoms with Crippen LogP contribution in [0, 0.1) is 11.8 Å². The van der Waals surface area contributed by atoms with Gasteiger partial charge in [0.25, 0.3) is 0 Å². The summed E-state index contributed by atoms with van der Waals surface area (Å²) in [6.07, 6.45) is 13.3. The zero-order valence-electron chi connectivity index (χ0n) is 11.8. The fraction of sp³-hybridized carbons (Fsp3) is 1.00. The maximum atomic E-state index is 6.12. The van der Waals surface area contributed by atoms with Crippen molar-refractivity contribution < 1.29 is 4.74 Å². The monoisotopic (exact) mass is 251 g/mol. The molecule has 0 spiro atoms. The zero-order chi connectivity index (χ0) is 12.2. The van der Waals surface area contributed by atoms with Crippen LogP contribution in [0.15, 0.2) is 0 Å². The van der Waals surface area contributed by atoms with Crippen LogP contribution >= 0.6 is 0 Å². The van der Waals surface area contributed by atoms with E-state index in [9.17, 15) is 0 Å². The van der Waals surface area contributed by atoms with E-state index in [0.29, 0.717) is 6.10 Å². The second kappa shape index (κ2) is 6.38. The predicted molar refractivity (Wildman–Crippen MR) is 74.7 cm³/mol. The van der Waals surface area contributed by atoms with Gasteiger partial charge >= 0.3 is 0 Å². The van der Waals surface area contributed by atoms with Crippen molar-refractivity contribution in [3.05, 3.63) is 0 Å². The fourth-order valence-corrected chi connectivity index (χ4v) is 3.87. The standard InChI is InChI=1S/C16H29NO/c1-2-10-17(9-1)11-4-12-18-16-6-3-5-15(13-16)14-7-8-14/h14-16H,1-13H2. The van der Waals surface area contributed by atoms with E-state index in [1.807, 2.05) is 0 Å². The highest BCUT2D eigenvalue weighted by molar-refractivity contribution is 4.86. The molecule has 2 saturated carbocycles. The highest BCUT2D eigenvalue weighted by Crippen LogP contribution is 2.44. The van der Waals surface area contributed by atoms with Crippen LogP contribution in [-0.4, -0.2) is 37.2 Å². The number of nitrogens with zero attached hydrogens (tertiary/aromatic N) is 1. The lowest BCUT2D eigenvalue weighted by molar-refractivity contribution is 0.00635. The second-order valence-electron chi connectivity index (χ2n) is 6.66. The topological polar surface area (TPSA) is 12.5 Å². The van der Waals surface area contributed by atoms with Gasteiger partial charge in [-0.3, -0.25) is 0 Å². The SMILES string of the molecule is C1CC(OCCCN2CCCC2)CC(C2CC2)C1. The van der Waals surface area contributed by atoms with Crippen LogP contribution in [0.25, 0.3) is 0 Å². The number of likely N-dealkylation sites (tertiary alicyclic amines) is 1. The van der Waals surface area contributed by atoms with Gasteiger partial charge in [-0.2, -0.15) is 0 Å². The van der Waals surface area contributed by atoms with Gasteiger partial charge in [0, 0.05) is 13.2 Å². The Bertz CT molecular complexity index is 245. The normalized spacial score (nSPS) is 34.0. The minimum Gasteiger partial charge on any atom is -0.378 e. The Labute approximate surface area is 112 Å². The third-order valence-electron chi connectivity index (χ3n) is 5.13. The van der Waals surface area contributed by atoms with E-state index in [0.717, 1.165) is 18.4 Å². The van der Waals surface area contributed by atoms with Crippen molar-refractivity contribution in [2.45, 2.75) is 63.9 Å². The first kappa shape index (κ1) is 12.9. The molecule has 2 unspecified atom stereocenters. The smallest absolute Gasteiger partial charge is 0.0577 e. The lowest BCUT2D eigenvalue weighted by Crippen LogP contribution is -2.26. The highest BCUT2D eigenvalue weighted by Gasteiger charge is 2.34. The summed E-state index contributed by atoms with van der Waals surface area (Å²) in [6.45, 7) is 4.91. The molecule has 1 saturated heterocycles. The molecule has 3 aliphatic rings. The van der Waals surface area contributed by atoms with Gasteiger partial charge in [-0.15, -0.1) is 0 Å². The van der Waals surface area contributed by atoms with Gasteiger partial charge in [0.2, 0.25) is 0 Å². The zero-order valence-corrected chi connectivity index (χ0v) is 11.8. The quantitative estimate of drug-likeness (QED) is 0.670. The van der Waals surface area contributed by atoms with Gasteiger partial charge in [-0.05, 0) is 76.3 Å². The van der Waals surface area contributed by atoms with E-state index >= 15 is 0 Å². The Morgan fingerprint density at radius 2 is 1.72 bits per heavy atom. The first-order valence-electron chi connectivity index (χ1n) is 8.26. The predicted octanol–water partition coefficient (Wildman–Crippen LogP) is 3.46. The average Bonchev–Trinajstić information content (AvgIpc) is 3.13. The molecule has 104 valence electrons. The van der Waals surface area contributed by atoms with E-state index in [2.05, 4.69) is 4.90 Å². The molecule has 1 heterocycles. The lowest BCUT2D eigenvalue weighted by atomic mass is 9.84. The van der Waals surface area contributed by atoms with E-state index in [1.165, 1.54) is 77.4 Å². The molecule has 2 heteroatoms. The van der Waals surface area contributed by atoms with Gasteiger partial charge in [-0.25, -0.2) is 0 Å². The van der Waals surface area contributed by atoms with Crippen molar-refractivity contribution >= 4 is 0 Å². The van der Waals surface area contributed by atoms with Crippen molar-refractivity contribution in [3.63, 3.8) is 0 Å². The molecule has 2 aliphatic carbocycles. The molecule has 0 amide bonds. The highest BCUT2D eigenvalue weighted by atomic mass is 16.5. The summed E-state index contributed by atoms with van der Waals surface area (Å²) < 4.78 is 6.12. The second-order valence-corrected chi connectivity index (χ2v) is 6.66. The van der Waals surface area contributed by atoms with Gasteiger partial charge < -0.3 is 9.64 Å². The maximum absolute atomic E-state index is 6.12. The third kappa shape index (κ3) is 3.71. The van der Waals surface area contributed by atoms with Gasteiger partial charge in [0.05, 0.1) is 6.10 Å². The molecule has 1 aliphatic heterocycles. The number of hydrogen-bond acceptors (Lipinski definition) is 2. The van der Waals surface area contributed by atoms with Crippen LogP contribution in [-0.2, 0) is 4.74 Å². The van der Waals surface area contributed by atoms with Crippen molar-refractivity contribution in [2.75, 3.05) is 26.2 Å². The summed E-state index contributed by atoms with van der Waals surface area (Å²) >= 11 is 0. The van der Waals surface area contributed by atoms with Crippen LogP contribution in [0.3, 0.4) is 0 Å². The molecule has 0 aromatic rings. The van der Waals surface area contributed by atoms with Crippen LogP contribution in [0.2, 0.25) is 0 Å². The van der Waals surface area contributed by atoms with Crippen molar-refractivity contribution in [1.29, 1.82) is 0 Å². The first-order chi connectivity index (χ1) is 8.92. The molecule has 18 heavy (non-hydrogen) atoms. The Hall–Kier alpha value is -0.0800. The van der Waals surface area contributed by atoms with E-state index in [1.54, 1.807) is 0 Å². The molecular weight excluding hydrogens is 222 g/mol. The average molecular weight is 251 g/mol. The lowest BCUT2D eigenvalue weighted by Gasteiger charge is -2.29. The summed E-state index contributed by atoms with van der Waals surface area (Å²) in [6, 6.07) is 0. The van der Waals surface area contributed by atoms with Gasteiger partial charge in [-0.1, -0.05) is 6.42 Å². The molecule has 0 radical (unpaired) electrons. The molecule has 3 rings (SSSR count). The summed E-state index contributed by atoms with van der Waals surface area (Å²) in [5.74, 6) is 2.10. The Morgan fingerprint density at radius 1 is 0.889 bits per heavy atom. The molecule has 0 bridgehead atoms. The summed E-state index contributed by atoms with van der Waals surface area (Å²) in [5, 5.41) is 0. The number of rotatable bonds is 6. The number of hydrogen-bond donors (Lipinski definition) is 0. The van der Waals surface area contributed by atoms with Crippen molar-refractivity contribution in [2.24, 2.45) is 11.8 Å². The van der Waals surface area contributed by atoms with Crippen LogP contribution in [0.4, 0.5) is 0 Å². The Morgan fingerprint density at radius 3 is 2.50 bits per heavy atom. The van der Waals surface area contributed by atoms with Crippen molar-refractivity contribution in [3.8, 4) is 0 Å². The molecule has 2 atom stereocenters. The minimum absolute atomic E-state index is 0.600. The molecule has 0 aromatic heterocycles. The van der Waals surface area contributed by atoms with E-state index < -0.39 is 0 Å². The van der Waals surface area contributed by atoms with Gasteiger partial charge in [0.1, 0.15) is 0 Å². The van der Waals surface area contributed by atoms with Crippen LogP contribution < -0.4 is 0 Å². The van der Waals surface area contributed by atoms with Crippen LogP contribution in [0.5, 0.6) is 0 Å². The van der Waals surface area contributed by atoms with E-state index in [-0.39, 0.29) is 0 Å². The molecule has 3 fully saturated rings. The van der Waals surface area contributed by atoms with E-state index in [4.69, 9.17) is 4.74 Å². The van der Waals surface area contributed by atoms with Crippen molar-refractivity contribution in [1.82, 2.24) is 4.90 Å². The largest absolute Gasteiger partial charge is 0.378 e. The van der Waals surface area contributed by atoms with Gasteiger partial charge in [0.15, 0.2) is 0 Å². The number of ether oxygens (including phenoxy) is 1. The minimum atomic E-state index is 0.600. The summed E-state index contributed by atoms with van der Waals surface area (Å²) in [5.41, 5.74) is 0. The molecule has 0 aromatic carbocycles. The molecular formula is C16H29NO. The molecule has 2 nitrogen and oxygen atoms in total. The van der Waals surface area contributed by atoms with Crippen LogP contribution in [0.1, 0.15) is 57.8 Å². The Kier molecular flexibility index (Phi) is 4.58. The maximum Gasteiger partial charge on any atom is 0.0577 e. The summed E-state index contributed by atoms with van der Waals surface area (Å²) in [4.78, 5) is 2.59. The first-order valence-corrected chi connectivity index (χ1v) is 8.26. The molecule has 0 N–H and O–H groups in total. The summed E-state index contributed by atoms with van der Waals surface area (Å²) in [7, 11) is 0. The fourth-order valence-electron chi connectivity index (χ4n) is 3.87.